The van der Waals surface area contributed by atoms with E-state index in [2.05, 4.69) is 12.2 Å². The molecule has 1 unspecified atom stereocenters. The summed E-state index contributed by atoms with van der Waals surface area (Å²) in [6, 6.07) is 7.01. The summed E-state index contributed by atoms with van der Waals surface area (Å²) in [6.07, 6.45) is 2.72. The number of anilines is 1. The van der Waals surface area contributed by atoms with Crippen LogP contribution in [0.25, 0.3) is 0 Å². The standard InChI is InChI=1S/C15H24ClNO2S/c1-3-11-20(18,19)15-7-5-14(6-8-15)17-12-13(4-2)9-10-16/h5-8,13,17H,3-4,9-12H2,1-2H3. The van der Waals surface area contributed by atoms with Crippen LogP contribution < -0.4 is 5.32 Å². The maximum absolute atomic E-state index is 11.9. The zero-order valence-corrected chi connectivity index (χ0v) is 13.8. The van der Waals surface area contributed by atoms with Crippen molar-refractivity contribution < 1.29 is 8.42 Å². The minimum absolute atomic E-state index is 0.202. The Labute approximate surface area is 127 Å². The number of sulfone groups is 1. The first-order valence-corrected chi connectivity index (χ1v) is 9.34. The van der Waals surface area contributed by atoms with E-state index in [1.54, 1.807) is 12.1 Å². The Morgan fingerprint density at radius 3 is 2.35 bits per heavy atom. The molecule has 0 bridgehead atoms. The molecule has 1 N–H and O–H groups in total. The molecule has 0 aliphatic rings. The summed E-state index contributed by atoms with van der Waals surface area (Å²) < 4.78 is 23.8. The predicted octanol–water partition coefficient (Wildman–Crippen LogP) is 3.94. The Kier molecular flexibility index (Phi) is 7.38. The quantitative estimate of drug-likeness (QED) is 0.702. The van der Waals surface area contributed by atoms with Crippen LogP contribution in [0.4, 0.5) is 5.69 Å². The summed E-state index contributed by atoms with van der Waals surface area (Å²) in [4.78, 5) is 0.401. The fourth-order valence-corrected chi connectivity index (χ4v) is 3.67. The molecule has 0 heterocycles. The second kappa shape index (κ2) is 8.53. The van der Waals surface area contributed by atoms with Gasteiger partial charge in [0.25, 0.3) is 0 Å². The highest BCUT2D eigenvalue weighted by Crippen LogP contribution is 2.17. The zero-order valence-electron chi connectivity index (χ0n) is 12.2. The lowest BCUT2D eigenvalue weighted by Gasteiger charge is -2.15. The molecule has 1 atom stereocenters. The maximum Gasteiger partial charge on any atom is 0.178 e. The van der Waals surface area contributed by atoms with Crippen molar-refractivity contribution in [2.75, 3.05) is 23.5 Å². The van der Waals surface area contributed by atoms with Crippen molar-refractivity contribution in [1.82, 2.24) is 0 Å². The Bertz CT molecular complexity index is 485. The lowest BCUT2D eigenvalue weighted by Crippen LogP contribution is -2.14. The van der Waals surface area contributed by atoms with Gasteiger partial charge in [-0.15, -0.1) is 11.6 Å². The third-order valence-corrected chi connectivity index (χ3v) is 5.53. The molecular weight excluding hydrogens is 294 g/mol. The lowest BCUT2D eigenvalue weighted by molar-refractivity contribution is 0.522. The molecule has 0 saturated heterocycles. The third kappa shape index (κ3) is 5.33. The van der Waals surface area contributed by atoms with E-state index in [0.717, 1.165) is 25.1 Å². The maximum atomic E-state index is 11.9. The number of alkyl halides is 1. The van der Waals surface area contributed by atoms with Crippen molar-refractivity contribution in [2.24, 2.45) is 5.92 Å². The molecule has 0 aromatic heterocycles. The molecular formula is C15H24ClNO2S. The number of halogens is 1. The highest BCUT2D eigenvalue weighted by molar-refractivity contribution is 7.91. The summed E-state index contributed by atoms with van der Waals surface area (Å²) in [5.41, 5.74) is 0.952. The molecule has 0 radical (unpaired) electrons. The average molecular weight is 318 g/mol. The molecule has 0 fully saturated rings. The molecule has 1 aromatic rings. The van der Waals surface area contributed by atoms with Gasteiger partial charge in [-0.3, -0.25) is 0 Å². The van der Waals surface area contributed by atoms with Crippen LogP contribution >= 0.6 is 11.6 Å². The fourth-order valence-electron chi connectivity index (χ4n) is 2.03. The monoisotopic (exact) mass is 317 g/mol. The molecule has 114 valence electrons. The van der Waals surface area contributed by atoms with E-state index in [-0.39, 0.29) is 5.75 Å². The van der Waals surface area contributed by atoms with Gasteiger partial charge < -0.3 is 5.32 Å². The summed E-state index contributed by atoms with van der Waals surface area (Å²) in [5.74, 6) is 1.43. The number of nitrogens with one attached hydrogen (secondary N) is 1. The van der Waals surface area contributed by atoms with Crippen molar-refractivity contribution in [3.63, 3.8) is 0 Å². The minimum atomic E-state index is -3.12. The molecule has 0 aliphatic carbocycles. The Hall–Kier alpha value is -0.740. The minimum Gasteiger partial charge on any atom is -0.385 e. The van der Waals surface area contributed by atoms with Crippen LogP contribution in [0.5, 0.6) is 0 Å². The van der Waals surface area contributed by atoms with Gasteiger partial charge in [-0.1, -0.05) is 20.3 Å². The van der Waals surface area contributed by atoms with E-state index in [1.165, 1.54) is 0 Å². The molecule has 1 aromatic carbocycles. The summed E-state index contributed by atoms with van der Waals surface area (Å²) in [6.45, 7) is 4.89. The molecule has 20 heavy (non-hydrogen) atoms. The summed E-state index contributed by atoms with van der Waals surface area (Å²) >= 11 is 5.76. The molecule has 5 heteroatoms. The highest BCUT2D eigenvalue weighted by atomic mass is 35.5. The lowest BCUT2D eigenvalue weighted by atomic mass is 10.0. The van der Waals surface area contributed by atoms with E-state index in [0.29, 0.717) is 23.1 Å². The van der Waals surface area contributed by atoms with Crippen LogP contribution in [-0.2, 0) is 9.84 Å². The fraction of sp³-hybridized carbons (Fsp3) is 0.600. The van der Waals surface area contributed by atoms with Crippen LogP contribution in [-0.4, -0.2) is 26.6 Å². The molecule has 3 nitrogen and oxygen atoms in total. The first kappa shape index (κ1) is 17.3. The largest absolute Gasteiger partial charge is 0.385 e. The molecule has 0 amide bonds. The van der Waals surface area contributed by atoms with Gasteiger partial charge in [0.05, 0.1) is 10.6 Å². The van der Waals surface area contributed by atoms with E-state index in [9.17, 15) is 8.42 Å². The van der Waals surface area contributed by atoms with Crippen LogP contribution in [0.3, 0.4) is 0 Å². The van der Waals surface area contributed by atoms with Gasteiger partial charge in [-0.25, -0.2) is 8.42 Å². The second-order valence-electron chi connectivity index (χ2n) is 4.98. The van der Waals surface area contributed by atoms with E-state index < -0.39 is 9.84 Å². The van der Waals surface area contributed by atoms with Gasteiger partial charge in [0.1, 0.15) is 0 Å². The van der Waals surface area contributed by atoms with Gasteiger partial charge in [0, 0.05) is 18.1 Å². The van der Waals surface area contributed by atoms with Gasteiger partial charge in [0.2, 0.25) is 0 Å². The normalized spacial score (nSPS) is 13.2. The Morgan fingerprint density at radius 1 is 1.20 bits per heavy atom. The van der Waals surface area contributed by atoms with E-state index >= 15 is 0 Å². The smallest absolute Gasteiger partial charge is 0.178 e. The first-order valence-electron chi connectivity index (χ1n) is 7.16. The molecule has 0 saturated carbocycles. The van der Waals surface area contributed by atoms with E-state index in [1.807, 2.05) is 19.1 Å². The SMILES string of the molecule is CCCS(=O)(=O)c1ccc(NCC(CC)CCCl)cc1. The average Bonchev–Trinajstić information content (AvgIpc) is 2.44. The second-order valence-corrected chi connectivity index (χ2v) is 7.46. The number of benzene rings is 1. The summed E-state index contributed by atoms with van der Waals surface area (Å²) in [5, 5.41) is 3.34. The van der Waals surface area contributed by atoms with Gasteiger partial charge in [-0.2, -0.15) is 0 Å². The van der Waals surface area contributed by atoms with Crippen molar-refractivity contribution in [3.8, 4) is 0 Å². The van der Waals surface area contributed by atoms with Gasteiger partial charge in [-0.05, 0) is 43.0 Å². The van der Waals surface area contributed by atoms with Crippen molar-refractivity contribution >= 4 is 27.1 Å². The topological polar surface area (TPSA) is 46.2 Å². The van der Waals surface area contributed by atoms with Crippen LogP contribution in [0.15, 0.2) is 29.2 Å². The van der Waals surface area contributed by atoms with Crippen LogP contribution in [0.2, 0.25) is 0 Å². The number of hydrogen-bond acceptors (Lipinski definition) is 3. The van der Waals surface area contributed by atoms with Crippen LogP contribution in [0, 0.1) is 5.92 Å². The Morgan fingerprint density at radius 2 is 1.85 bits per heavy atom. The van der Waals surface area contributed by atoms with Crippen molar-refractivity contribution in [2.45, 2.75) is 38.0 Å². The zero-order chi connectivity index (χ0) is 15.0. The molecule has 0 aliphatic heterocycles. The van der Waals surface area contributed by atoms with Gasteiger partial charge >= 0.3 is 0 Å². The van der Waals surface area contributed by atoms with Crippen molar-refractivity contribution in [3.05, 3.63) is 24.3 Å². The first-order chi connectivity index (χ1) is 9.53. The third-order valence-electron chi connectivity index (χ3n) is 3.38. The van der Waals surface area contributed by atoms with Crippen LogP contribution in [0.1, 0.15) is 33.1 Å². The number of hydrogen-bond donors (Lipinski definition) is 1. The predicted molar refractivity (Wildman–Crippen MR) is 86.4 cm³/mol. The highest BCUT2D eigenvalue weighted by Gasteiger charge is 2.12. The van der Waals surface area contributed by atoms with Crippen molar-refractivity contribution in [1.29, 1.82) is 0 Å². The molecule has 0 spiro atoms. The number of rotatable bonds is 9. The Balaban J connectivity index is 2.63. The van der Waals surface area contributed by atoms with E-state index in [4.69, 9.17) is 11.6 Å². The molecule has 1 rings (SSSR count). The summed E-state index contributed by atoms with van der Waals surface area (Å²) in [7, 11) is -3.12. The van der Waals surface area contributed by atoms with Gasteiger partial charge in [0.15, 0.2) is 9.84 Å².